The van der Waals surface area contributed by atoms with E-state index in [1.54, 1.807) is 36.4 Å². The summed E-state index contributed by atoms with van der Waals surface area (Å²) in [6.07, 6.45) is 0.939. The molecule has 2 aromatic rings. The first-order chi connectivity index (χ1) is 17.2. The summed E-state index contributed by atoms with van der Waals surface area (Å²) in [6, 6.07) is 14.7. The predicted octanol–water partition coefficient (Wildman–Crippen LogP) is 5.65. The van der Waals surface area contributed by atoms with Crippen molar-refractivity contribution in [3.63, 3.8) is 0 Å². The average molecular weight is 509 g/mol. The zero-order valence-electron chi connectivity index (χ0n) is 20.6. The molecule has 0 saturated heterocycles. The van der Waals surface area contributed by atoms with Crippen molar-refractivity contribution in [2.24, 2.45) is 11.1 Å². The minimum absolute atomic E-state index is 0.0318. The summed E-state index contributed by atoms with van der Waals surface area (Å²) in [5.74, 6) is 1.65. The maximum atomic E-state index is 13.2. The van der Waals surface area contributed by atoms with Crippen LogP contribution in [0.1, 0.15) is 45.1 Å². The lowest BCUT2D eigenvalue weighted by Crippen LogP contribution is -2.33. The van der Waals surface area contributed by atoms with Gasteiger partial charge < -0.3 is 24.7 Å². The van der Waals surface area contributed by atoms with Crippen LogP contribution in [0.15, 0.2) is 65.3 Å². The molecule has 1 heterocycles. The van der Waals surface area contributed by atoms with Gasteiger partial charge in [0, 0.05) is 23.4 Å². The maximum Gasteiger partial charge on any atom is 0.205 e. The number of carbonyl (C=O) groups is 1. The molecule has 2 N–H and O–H groups in total. The first-order valence-corrected chi connectivity index (χ1v) is 12.2. The molecule has 0 radical (unpaired) electrons. The molecule has 7 nitrogen and oxygen atoms in total. The zero-order valence-corrected chi connectivity index (χ0v) is 21.4. The van der Waals surface area contributed by atoms with Crippen LogP contribution in [0.3, 0.4) is 0 Å². The van der Waals surface area contributed by atoms with Gasteiger partial charge in [0.2, 0.25) is 5.88 Å². The van der Waals surface area contributed by atoms with Crippen molar-refractivity contribution < 1.29 is 23.7 Å². The van der Waals surface area contributed by atoms with E-state index in [-0.39, 0.29) is 22.7 Å². The van der Waals surface area contributed by atoms with E-state index in [4.69, 9.17) is 36.3 Å². The van der Waals surface area contributed by atoms with Gasteiger partial charge in [-0.05, 0) is 54.3 Å². The second-order valence-corrected chi connectivity index (χ2v) is 9.93. The molecule has 1 unspecified atom stereocenters. The first kappa shape index (κ1) is 25.5. The Balaban J connectivity index is 1.58. The predicted molar refractivity (Wildman–Crippen MR) is 136 cm³/mol. The van der Waals surface area contributed by atoms with Gasteiger partial charge in [-0.2, -0.15) is 5.26 Å². The topological polar surface area (TPSA) is 104 Å². The average Bonchev–Trinajstić information content (AvgIpc) is 2.82. The van der Waals surface area contributed by atoms with Crippen LogP contribution in [0.2, 0.25) is 5.02 Å². The molecular formula is C28H29ClN2O5. The van der Waals surface area contributed by atoms with Gasteiger partial charge in [-0.3, -0.25) is 4.79 Å². The van der Waals surface area contributed by atoms with Crippen LogP contribution in [-0.4, -0.2) is 25.6 Å². The van der Waals surface area contributed by atoms with Crippen LogP contribution in [-0.2, 0) is 9.53 Å². The summed E-state index contributed by atoms with van der Waals surface area (Å²) in [7, 11) is 0. The Morgan fingerprint density at radius 3 is 2.50 bits per heavy atom. The highest BCUT2D eigenvalue weighted by Crippen LogP contribution is 2.48. The number of carbonyl (C=O) groups excluding carboxylic acids is 1. The molecule has 0 saturated carbocycles. The molecule has 0 aromatic heterocycles. The normalized spacial score (nSPS) is 18.8. The van der Waals surface area contributed by atoms with E-state index >= 15 is 0 Å². The van der Waals surface area contributed by atoms with Crippen molar-refractivity contribution in [1.82, 2.24) is 0 Å². The van der Waals surface area contributed by atoms with E-state index in [9.17, 15) is 10.1 Å². The van der Waals surface area contributed by atoms with E-state index in [1.165, 1.54) is 0 Å². The Bertz CT molecular complexity index is 1260. The van der Waals surface area contributed by atoms with Gasteiger partial charge in [0.05, 0.1) is 12.5 Å². The summed E-state index contributed by atoms with van der Waals surface area (Å²) in [5, 5.41) is 10.5. The van der Waals surface area contributed by atoms with Crippen molar-refractivity contribution >= 4 is 17.4 Å². The number of ketones is 1. The van der Waals surface area contributed by atoms with E-state index in [0.29, 0.717) is 71.8 Å². The molecule has 0 amide bonds. The number of nitriles is 1. The van der Waals surface area contributed by atoms with Gasteiger partial charge in [0.25, 0.3) is 0 Å². The van der Waals surface area contributed by atoms with E-state index in [1.807, 2.05) is 26.8 Å². The van der Waals surface area contributed by atoms with Crippen LogP contribution in [0.25, 0.3) is 0 Å². The molecule has 2 aliphatic rings. The third kappa shape index (κ3) is 5.44. The summed E-state index contributed by atoms with van der Waals surface area (Å²) >= 11 is 5.90. The van der Waals surface area contributed by atoms with E-state index in [2.05, 4.69) is 6.07 Å². The van der Waals surface area contributed by atoms with E-state index in [0.717, 1.165) is 0 Å². The summed E-state index contributed by atoms with van der Waals surface area (Å²) in [6.45, 7) is 6.94. The Hall–Kier alpha value is -3.63. The van der Waals surface area contributed by atoms with Crippen LogP contribution >= 0.6 is 11.6 Å². The SMILES string of the molecule is CCOc1cc(C2C(C#N)=C(N)OC3=C2C(=O)CC(C)(C)C3)ccc1OCCOc1ccc(Cl)cc1. The molecule has 188 valence electrons. The largest absolute Gasteiger partial charge is 0.490 e. The van der Waals surface area contributed by atoms with Gasteiger partial charge in [0.15, 0.2) is 17.3 Å². The van der Waals surface area contributed by atoms with Crippen LogP contribution in [0.4, 0.5) is 0 Å². The number of ether oxygens (including phenoxy) is 4. The molecule has 1 aliphatic heterocycles. The van der Waals surface area contributed by atoms with E-state index < -0.39 is 5.92 Å². The lowest BCUT2D eigenvalue weighted by Gasteiger charge is -2.37. The molecule has 4 rings (SSSR count). The smallest absolute Gasteiger partial charge is 0.205 e. The van der Waals surface area contributed by atoms with Gasteiger partial charge in [0.1, 0.15) is 36.4 Å². The number of Topliss-reactive ketones (excluding diaryl/α,β-unsaturated/α-hetero) is 1. The Labute approximate surface area is 216 Å². The molecule has 0 fully saturated rings. The molecule has 36 heavy (non-hydrogen) atoms. The highest BCUT2D eigenvalue weighted by atomic mass is 35.5. The summed E-state index contributed by atoms with van der Waals surface area (Å²) < 4.78 is 23.2. The Kier molecular flexibility index (Phi) is 7.46. The van der Waals surface area contributed by atoms with Crippen LogP contribution in [0, 0.1) is 16.7 Å². The van der Waals surface area contributed by atoms with Crippen molar-refractivity contribution in [1.29, 1.82) is 5.26 Å². The maximum absolute atomic E-state index is 13.2. The third-order valence-corrected chi connectivity index (χ3v) is 6.35. The molecule has 1 atom stereocenters. The molecule has 0 bridgehead atoms. The molecular weight excluding hydrogens is 480 g/mol. The Morgan fingerprint density at radius 1 is 1.08 bits per heavy atom. The van der Waals surface area contributed by atoms with Gasteiger partial charge in [-0.1, -0.05) is 31.5 Å². The van der Waals surface area contributed by atoms with Crippen molar-refractivity contribution in [2.75, 3.05) is 19.8 Å². The number of hydrogen-bond donors (Lipinski definition) is 1. The number of allylic oxidation sites excluding steroid dienone is 3. The van der Waals surface area contributed by atoms with Crippen molar-refractivity contribution in [3.05, 3.63) is 75.8 Å². The van der Waals surface area contributed by atoms with Gasteiger partial charge in [-0.15, -0.1) is 0 Å². The highest BCUT2D eigenvalue weighted by molar-refractivity contribution is 6.30. The number of halogens is 1. The fourth-order valence-electron chi connectivity index (χ4n) is 4.55. The number of nitrogens with zero attached hydrogens (tertiary/aromatic N) is 1. The number of benzene rings is 2. The lowest BCUT2D eigenvalue weighted by atomic mass is 9.70. The highest BCUT2D eigenvalue weighted by Gasteiger charge is 2.43. The molecule has 1 aliphatic carbocycles. The quantitative estimate of drug-likeness (QED) is 0.459. The lowest BCUT2D eigenvalue weighted by molar-refractivity contribution is -0.119. The van der Waals surface area contributed by atoms with Gasteiger partial charge >= 0.3 is 0 Å². The number of nitrogens with two attached hydrogens (primary N) is 1. The van der Waals surface area contributed by atoms with Crippen molar-refractivity contribution in [3.8, 4) is 23.3 Å². The molecule has 8 heteroatoms. The molecule has 0 spiro atoms. The Morgan fingerprint density at radius 2 is 1.81 bits per heavy atom. The standard InChI is InChI=1S/C28H29ClN2O5/c1-4-33-23-13-17(5-10-22(23)35-12-11-34-19-8-6-18(29)7-9-19)25-20(16-30)27(31)36-24-15-28(2,3)14-21(32)26(24)25/h5-10,13,25H,4,11-12,14-15,31H2,1-3H3. The minimum atomic E-state index is -0.621. The number of hydrogen-bond acceptors (Lipinski definition) is 7. The fourth-order valence-corrected chi connectivity index (χ4v) is 4.68. The summed E-state index contributed by atoms with van der Waals surface area (Å²) in [4.78, 5) is 13.2. The monoisotopic (exact) mass is 508 g/mol. The second-order valence-electron chi connectivity index (χ2n) is 9.49. The van der Waals surface area contributed by atoms with Crippen LogP contribution in [0.5, 0.6) is 17.2 Å². The number of rotatable bonds is 8. The fraction of sp³-hybridized carbons (Fsp3) is 0.357. The first-order valence-electron chi connectivity index (χ1n) is 11.8. The zero-order chi connectivity index (χ0) is 25.9. The minimum Gasteiger partial charge on any atom is -0.490 e. The summed E-state index contributed by atoms with van der Waals surface area (Å²) in [5.41, 5.74) is 7.32. The second kappa shape index (κ2) is 10.5. The molecule has 2 aromatic carbocycles. The third-order valence-electron chi connectivity index (χ3n) is 6.10. The van der Waals surface area contributed by atoms with Crippen LogP contribution < -0.4 is 19.9 Å². The van der Waals surface area contributed by atoms with Crippen molar-refractivity contribution in [2.45, 2.75) is 39.5 Å². The van der Waals surface area contributed by atoms with Gasteiger partial charge in [-0.25, -0.2) is 0 Å².